The largest absolute Gasteiger partial charge is 0.352 e. The summed E-state index contributed by atoms with van der Waals surface area (Å²) in [5, 5.41) is 6.84. The predicted molar refractivity (Wildman–Crippen MR) is 91.7 cm³/mol. The zero-order valence-corrected chi connectivity index (χ0v) is 14.7. The summed E-state index contributed by atoms with van der Waals surface area (Å²) in [5.74, 6) is -0.207. The molecule has 0 radical (unpaired) electrons. The number of nitrogens with one attached hydrogen (secondary N) is 2. The van der Waals surface area contributed by atoms with Gasteiger partial charge in [0.1, 0.15) is 0 Å². The van der Waals surface area contributed by atoms with Crippen molar-refractivity contribution >= 4 is 35.0 Å². The Labute approximate surface area is 146 Å². The first kappa shape index (κ1) is 18.0. The summed E-state index contributed by atoms with van der Waals surface area (Å²) in [6, 6.07) is 5.27. The van der Waals surface area contributed by atoms with Crippen molar-refractivity contribution in [1.82, 2.24) is 15.5 Å². The maximum atomic E-state index is 12.1. The molecule has 1 aromatic carbocycles. The van der Waals surface area contributed by atoms with Gasteiger partial charge in [-0.25, -0.2) is 0 Å². The summed E-state index contributed by atoms with van der Waals surface area (Å²) in [5.41, 5.74) is 0.804. The minimum absolute atomic E-state index is 0.0448. The number of hydrogen-bond acceptors (Lipinski definition) is 3. The van der Waals surface area contributed by atoms with Gasteiger partial charge >= 0.3 is 0 Å². The van der Waals surface area contributed by atoms with Gasteiger partial charge in [0.25, 0.3) is 0 Å². The second-order valence-electron chi connectivity index (χ2n) is 5.97. The van der Waals surface area contributed by atoms with Crippen LogP contribution in [0.3, 0.4) is 0 Å². The maximum Gasteiger partial charge on any atom is 0.234 e. The van der Waals surface area contributed by atoms with Crippen molar-refractivity contribution in [3.8, 4) is 0 Å². The zero-order valence-electron chi connectivity index (χ0n) is 13.2. The molecular formula is C16H21Cl2N3O2. The van der Waals surface area contributed by atoms with Crippen LogP contribution in [0, 0.1) is 0 Å². The van der Waals surface area contributed by atoms with Crippen molar-refractivity contribution in [2.24, 2.45) is 0 Å². The van der Waals surface area contributed by atoms with Gasteiger partial charge in [0.15, 0.2) is 0 Å². The molecule has 1 fully saturated rings. The van der Waals surface area contributed by atoms with Crippen LogP contribution in [-0.2, 0) is 9.59 Å². The highest BCUT2D eigenvalue weighted by Gasteiger charge is 2.24. The lowest BCUT2D eigenvalue weighted by atomic mass is 10.1. The molecule has 0 aromatic heterocycles. The van der Waals surface area contributed by atoms with Gasteiger partial charge in [0, 0.05) is 16.1 Å². The fourth-order valence-electron chi connectivity index (χ4n) is 2.26. The van der Waals surface area contributed by atoms with Crippen molar-refractivity contribution < 1.29 is 9.59 Å². The number of rotatable bonds is 7. The standard InChI is InChI=1S/C16H21Cl2N3O2/c1-10(13-6-3-11(17)7-14(13)18)19-15(22)8-21(2)9-16(23)20-12-4-5-12/h3,6-7,10,12H,4-5,8-9H2,1-2H3,(H,19,22)(H,20,23). The van der Waals surface area contributed by atoms with Gasteiger partial charge in [-0.1, -0.05) is 29.3 Å². The molecule has 23 heavy (non-hydrogen) atoms. The minimum Gasteiger partial charge on any atom is -0.352 e. The number of likely N-dealkylation sites (N-methyl/N-ethyl adjacent to an activating group) is 1. The van der Waals surface area contributed by atoms with Crippen LogP contribution in [0.15, 0.2) is 18.2 Å². The van der Waals surface area contributed by atoms with E-state index in [9.17, 15) is 9.59 Å². The Hall–Kier alpha value is -1.30. The first-order valence-corrected chi connectivity index (χ1v) is 8.33. The van der Waals surface area contributed by atoms with E-state index in [2.05, 4.69) is 10.6 Å². The number of carbonyl (C=O) groups is 2. The number of hydrogen-bond donors (Lipinski definition) is 2. The number of carbonyl (C=O) groups excluding carboxylic acids is 2. The quantitative estimate of drug-likeness (QED) is 0.787. The molecule has 0 saturated heterocycles. The molecule has 126 valence electrons. The lowest BCUT2D eigenvalue weighted by molar-refractivity contribution is -0.125. The van der Waals surface area contributed by atoms with Gasteiger partial charge in [-0.15, -0.1) is 0 Å². The van der Waals surface area contributed by atoms with E-state index >= 15 is 0 Å². The molecule has 1 atom stereocenters. The number of nitrogens with zero attached hydrogens (tertiary/aromatic N) is 1. The lowest BCUT2D eigenvalue weighted by Crippen LogP contribution is -2.41. The molecule has 2 N–H and O–H groups in total. The maximum absolute atomic E-state index is 12.1. The van der Waals surface area contributed by atoms with E-state index in [0.717, 1.165) is 18.4 Å². The highest BCUT2D eigenvalue weighted by atomic mass is 35.5. The molecule has 1 aliphatic rings. The fourth-order valence-corrected chi connectivity index (χ4v) is 2.84. The first-order chi connectivity index (χ1) is 10.8. The molecular weight excluding hydrogens is 337 g/mol. The molecule has 1 saturated carbocycles. The van der Waals surface area contributed by atoms with E-state index in [4.69, 9.17) is 23.2 Å². The van der Waals surface area contributed by atoms with Crippen LogP contribution >= 0.6 is 23.2 Å². The molecule has 1 unspecified atom stereocenters. The van der Waals surface area contributed by atoms with Gasteiger partial charge in [-0.05, 0) is 44.5 Å². The van der Waals surface area contributed by atoms with Crippen molar-refractivity contribution in [3.05, 3.63) is 33.8 Å². The average Bonchev–Trinajstić information content (AvgIpc) is 3.21. The van der Waals surface area contributed by atoms with E-state index in [1.54, 1.807) is 30.1 Å². The highest BCUT2D eigenvalue weighted by Crippen LogP contribution is 2.26. The minimum atomic E-state index is -0.235. The van der Waals surface area contributed by atoms with Crippen molar-refractivity contribution in [1.29, 1.82) is 0 Å². The van der Waals surface area contributed by atoms with Gasteiger partial charge in [0.2, 0.25) is 11.8 Å². The van der Waals surface area contributed by atoms with Crippen molar-refractivity contribution in [2.75, 3.05) is 20.1 Å². The summed E-state index contributed by atoms with van der Waals surface area (Å²) in [4.78, 5) is 25.5. The van der Waals surface area contributed by atoms with Crippen molar-refractivity contribution in [2.45, 2.75) is 31.8 Å². The lowest BCUT2D eigenvalue weighted by Gasteiger charge is -2.19. The van der Waals surface area contributed by atoms with Gasteiger partial charge < -0.3 is 10.6 Å². The topological polar surface area (TPSA) is 61.4 Å². The number of amides is 2. The molecule has 2 amide bonds. The Morgan fingerprint density at radius 1 is 1.26 bits per heavy atom. The molecule has 0 aliphatic heterocycles. The van der Waals surface area contributed by atoms with Gasteiger partial charge in [-0.3, -0.25) is 14.5 Å². The van der Waals surface area contributed by atoms with Crippen LogP contribution < -0.4 is 10.6 Å². The van der Waals surface area contributed by atoms with E-state index in [1.165, 1.54) is 0 Å². The summed E-state index contributed by atoms with van der Waals surface area (Å²) < 4.78 is 0. The molecule has 2 rings (SSSR count). The predicted octanol–water partition coefficient (Wildman–Crippen LogP) is 2.38. The Morgan fingerprint density at radius 2 is 1.91 bits per heavy atom. The van der Waals surface area contributed by atoms with E-state index in [1.807, 2.05) is 6.92 Å². The SMILES string of the molecule is CC(NC(=O)CN(C)CC(=O)NC1CC1)c1ccc(Cl)cc1Cl. The third-order valence-corrected chi connectivity index (χ3v) is 4.14. The van der Waals surface area contributed by atoms with E-state index in [0.29, 0.717) is 16.1 Å². The Kier molecular flexibility index (Phi) is 6.27. The summed E-state index contributed by atoms with van der Waals surface area (Å²) in [6.45, 7) is 2.21. The normalized spacial score (nSPS) is 15.3. The average molecular weight is 358 g/mol. The smallest absolute Gasteiger partial charge is 0.234 e. The molecule has 0 heterocycles. The molecule has 7 heteroatoms. The van der Waals surface area contributed by atoms with Crippen LogP contribution in [0.1, 0.15) is 31.4 Å². The third-order valence-electron chi connectivity index (χ3n) is 3.58. The van der Waals surface area contributed by atoms with Gasteiger partial charge in [0.05, 0.1) is 19.1 Å². The highest BCUT2D eigenvalue weighted by molar-refractivity contribution is 6.35. The first-order valence-electron chi connectivity index (χ1n) is 7.57. The Bertz CT molecular complexity index is 591. The van der Waals surface area contributed by atoms with Crippen LogP contribution in [0.5, 0.6) is 0 Å². The van der Waals surface area contributed by atoms with E-state index < -0.39 is 0 Å². The summed E-state index contributed by atoms with van der Waals surface area (Å²) in [7, 11) is 1.74. The number of benzene rings is 1. The zero-order chi connectivity index (χ0) is 17.0. The molecule has 1 aliphatic carbocycles. The molecule has 1 aromatic rings. The Morgan fingerprint density at radius 3 is 2.52 bits per heavy atom. The van der Waals surface area contributed by atoms with Crippen LogP contribution in [-0.4, -0.2) is 42.9 Å². The fraction of sp³-hybridized carbons (Fsp3) is 0.500. The monoisotopic (exact) mass is 357 g/mol. The number of halogens is 2. The summed E-state index contributed by atoms with van der Waals surface area (Å²) >= 11 is 12.0. The van der Waals surface area contributed by atoms with E-state index in [-0.39, 0.29) is 30.9 Å². The Balaban J connectivity index is 1.79. The third kappa shape index (κ3) is 6.01. The molecule has 5 nitrogen and oxygen atoms in total. The summed E-state index contributed by atoms with van der Waals surface area (Å²) in [6.07, 6.45) is 2.10. The second kappa shape index (κ2) is 7.99. The van der Waals surface area contributed by atoms with Crippen LogP contribution in [0.25, 0.3) is 0 Å². The second-order valence-corrected chi connectivity index (χ2v) is 6.81. The van der Waals surface area contributed by atoms with Crippen molar-refractivity contribution in [3.63, 3.8) is 0 Å². The van der Waals surface area contributed by atoms with Crippen LogP contribution in [0.4, 0.5) is 0 Å². The molecule has 0 spiro atoms. The molecule has 0 bridgehead atoms. The van der Waals surface area contributed by atoms with Crippen LogP contribution in [0.2, 0.25) is 10.0 Å². The van der Waals surface area contributed by atoms with Gasteiger partial charge in [-0.2, -0.15) is 0 Å².